The van der Waals surface area contributed by atoms with Gasteiger partial charge in [0.05, 0.1) is 4.88 Å². The lowest BCUT2D eigenvalue weighted by Crippen LogP contribution is -2.21. The lowest BCUT2D eigenvalue weighted by Gasteiger charge is -2.07. The fraction of sp³-hybridized carbons (Fsp3) is 0.200. The molecule has 1 amide bonds. The zero-order valence-electron chi connectivity index (χ0n) is 14.6. The van der Waals surface area contributed by atoms with Crippen molar-refractivity contribution in [1.29, 1.82) is 0 Å². The summed E-state index contributed by atoms with van der Waals surface area (Å²) in [5, 5.41) is 2.90. The first-order valence-electron chi connectivity index (χ1n) is 8.31. The average molecular weight is 370 g/mol. The van der Waals surface area contributed by atoms with Gasteiger partial charge in [-0.1, -0.05) is 19.1 Å². The highest BCUT2D eigenvalue weighted by Crippen LogP contribution is 2.23. The zero-order valence-corrected chi connectivity index (χ0v) is 15.4. The summed E-state index contributed by atoms with van der Waals surface area (Å²) in [6.45, 7) is 4.48. The fourth-order valence-corrected chi connectivity index (χ4v) is 3.51. The number of ether oxygens (including phenoxy) is 1. The minimum Gasteiger partial charge on any atom is -0.439 e. The number of halogens is 1. The molecule has 0 aliphatic carbocycles. The van der Waals surface area contributed by atoms with Crippen LogP contribution in [0.5, 0.6) is 11.6 Å². The maximum Gasteiger partial charge on any atom is 0.261 e. The molecule has 6 heteroatoms. The van der Waals surface area contributed by atoms with Gasteiger partial charge in [-0.25, -0.2) is 9.37 Å². The second-order valence-corrected chi connectivity index (χ2v) is 6.95. The molecule has 3 aromatic rings. The molecule has 1 N–H and O–H groups in total. The molecule has 0 spiro atoms. The predicted molar refractivity (Wildman–Crippen MR) is 100 cm³/mol. The molecule has 1 aromatic carbocycles. The number of benzene rings is 1. The highest BCUT2D eigenvalue weighted by Gasteiger charge is 2.11. The van der Waals surface area contributed by atoms with Crippen molar-refractivity contribution >= 4 is 17.2 Å². The van der Waals surface area contributed by atoms with Crippen LogP contribution < -0.4 is 10.1 Å². The molecule has 2 heterocycles. The first kappa shape index (κ1) is 18.1. The Morgan fingerprint density at radius 2 is 2.12 bits per heavy atom. The van der Waals surface area contributed by atoms with E-state index in [4.69, 9.17) is 4.74 Å². The largest absolute Gasteiger partial charge is 0.439 e. The Labute approximate surface area is 155 Å². The molecule has 0 bridgehead atoms. The summed E-state index contributed by atoms with van der Waals surface area (Å²) >= 11 is 1.53. The average Bonchev–Trinajstić information content (AvgIpc) is 3.02. The molecular weight excluding hydrogens is 351 g/mol. The number of carbonyl (C=O) groups excluding carboxylic acids is 1. The number of amides is 1. The molecule has 0 saturated carbocycles. The van der Waals surface area contributed by atoms with Crippen LogP contribution in [0.4, 0.5) is 4.39 Å². The number of hydrogen-bond donors (Lipinski definition) is 1. The quantitative estimate of drug-likeness (QED) is 0.673. The first-order chi connectivity index (χ1) is 12.5. The van der Waals surface area contributed by atoms with Gasteiger partial charge >= 0.3 is 0 Å². The Bertz CT molecular complexity index is 906. The molecule has 3 rings (SSSR count). The van der Waals surface area contributed by atoms with E-state index < -0.39 is 0 Å². The number of nitrogens with one attached hydrogen (secondary N) is 1. The summed E-state index contributed by atoms with van der Waals surface area (Å²) in [7, 11) is 0. The van der Waals surface area contributed by atoms with E-state index in [1.165, 1.54) is 28.3 Å². The van der Waals surface area contributed by atoms with Gasteiger partial charge in [0.2, 0.25) is 5.88 Å². The minimum absolute atomic E-state index is 0.0853. The predicted octanol–water partition coefficient (Wildman–Crippen LogP) is 4.88. The van der Waals surface area contributed by atoms with Crippen LogP contribution in [0.25, 0.3) is 0 Å². The van der Waals surface area contributed by atoms with E-state index >= 15 is 0 Å². The van der Waals surface area contributed by atoms with Crippen LogP contribution >= 0.6 is 11.3 Å². The van der Waals surface area contributed by atoms with E-state index in [1.54, 1.807) is 24.4 Å². The summed E-state index contributed by atoms with van der Waals surface area (Å²) in [6.07, 6.45) is 2.56. The van der Waals surface area contributed by atoms with Gasteiger partial charge in [0.1, 0.15) is 11.6 Å². The number of carbonyl (C=O) groups is 1. The van der Waals surface area contributed by atoms with Crippen molar-refractivity contribution in [3.8, 4) is 11.6 Å². The molecule has 0 fully saturated rings. The molecule has 2 aromatic heterocycles. The van der Waals surface area contributed by atoms with Crippen LogP contribution in [0.1, 0.15) is 32.6 Å². The van der Waals surface area contributed by atoms with Gasteiger partial charge in [0, 0.05) is 29.8 Å². The van der Waals surface area contributed by atoms with E-state index in [2.05, 4.69) is 17.2 Å². The SMILES string of the molecule is CCc1sc(C(=O)NCc2ccc(Oc3cccc(F)c3)nc2)cc1C. The van der Waals surface area contributed by atoms with Crippen LogP contribution in [0.2, 0.25) is 0 Å². The molecule has 26 heavy (non-hydrogen) atoms. The molecule has 134 valence electrons. The van der Waals surface area contributed by atoms with E-state index in [1.807, 2.05) is 19.1 Å². The Morgan fingerprint density at radius 1 is 1.27 bits per heavy atom. The minimum atomic E-state index is -0.364. The summed E-state index contributed by atoms with van der Waals surface area (Å²) in [5.74, 6) is 0.306. The van der Waals surface area contributed by atoms with Crippen LogP contribution in [-0.4, -0.2) is 10.9 Å². The van der Waals surface area contributed by atoms with Gasteiger partial charge in [0.25, 0.3) is 5.91 Å². The number of aryl methyl sites for hydroxylation is 2. The first-order valence-corrected chi connectivity index (χ1v) is 9.12. The third-order valence-electron chi connectivity index (χ3n) is 3.83. The Morgan fingerprint density at radius 3 is 2.77 bits per heavy atom. The van der Waals surface area contributed by atoms with Crippen molar-refractivity contribution in [2.75, 3.05) is 0 Å². The molecule has 0 aliphatic rings. The van der Waals surface area contributed by atoms with E-state index in [0.717, 1.165) is 22.4 Å². The summed E-state index contributed by atoms with van der Waals surface area (Å²) in [5.41, 5.74) is 2.01. The third-order valence-corrected chi connectivity index (χ3v) is 5.21. The summed E-state index contributed by atoms with van der Waals surface area (Å²) in [4.78, 5) is 18.4. The number of nitrogens with zero attached hydrogens (tertiary/aromatic N) is 1. The Balaban J connectivity index is 1.58. The van der Waals surface area contributed by atoms with Crippen molar-refractivity contribution in [2.45, 2.75) is 26.8 Å². The number of aromatic nitrogens is 1. The molecule has 0 atom stereocenters. The standard InChI is InChI=1S/C20H19FN2O2S/c1-3-17-13(2)9-18(26-17)20(24)23-12-14-7-8-19(22-11-14)25-16-6-4-5-15(21)10-16/h4-11H,3,12H2,1-2H3,(H,23,24). The number of pyridine rings is 1. The maximum absolute atomic E-state index is 13.2. The Kier molecular flexibility index (Phi) is 5.63. The van der Waals surface area contributed by atoms with Crippen molar-refractivity contribution in [3.63, 3.8) is 0 Å². The normalized spacial score (nSPS) is 10.6. The van der Waals surface area contributed by atoms with Gasteiger partial charge < -0.3 is 10.1 Å². The lowest BCUT2D eigenvalue weighted by atomic mass is 10.2. The van der Waals surface area contributed by atoms with Crippen molar-refractivity contribution in [3.05, 3.63) is 75.4 Å². The molecular formula is C20H19FN2O2S. The second-order valence-electron chi connectivity index (χ2n) is 5.82. The number of thiophene rings is 1. The topological polar surface area (TPSA) is 51.2 Å². The van der Waals surface area contributed by atoms with Crippen LogP contribution in [0.3, 0.4) is 0 Å². The van der Waals surface area contributed by atoms with Crippen molar-refractivity contribution in [2.24, 2.45) is 0 Å². The number of rotatable bonds is 6. The highest BCUT2D eigenvalue weighted by molar-refractivity contribution is 7.14. The van der Waals surface area contributed by atoms with E-state index in [9.17, 15) is 9.18 Å². The van der Waals surface area contributed by atoms with E-state index in [-0.39, 0.29) is 11.7 Å². The zero-order chi connectivity index (χ0) is 18.5. The van der Waals surface area contributed by atoms with Crippen molar-refractivity contribution in [1.82, 2.24) is 10.3 Å². The maximum atomic E-state index is 13.2. The number of hydrogen-bond acceptors (Lipinski definition) is 4. The molecule has 0 radical (unpaired) electrons. The van der Waals surface area contributed by atoms with Crippen LogP contribution in [0, 0.1) is 12.7 Å². The molecule has 0 saturated heterocycles. The lowest BCUT2D eigenvalue weighted by molar-refractivity contribution is 0.0955. The summed E-state index contributed by atoms with van der Waals surface area (Å²) < 4.78 is 18.7. The monoisotopic (exact) mass is 370 g/mol. The molecule has 0 aliphatic heterocycles. The van der Waals surface area contributed by atoms with Crippen molar-refractivity contribution < 1.29 is 13.9 Å². The highest BCUT2D eigenvalue weighted by atomic mass is 32.1. The smallest absolute Gasteiger partial charge is 0.261 e. The van der Waals surface area contributed by atoms with E-state index in [0.29, 0.717) is 18.2 Å². The van der Waals surface area contributed by atoms with Crippen LogP contribution in [0.15, 0.2) is 48.7 Å². The van der Waals surface area contributed by atoms with Gasteiger partial charge in [0.15, 0.2) is 0 Å². The molecule has 0 unspecified atom stereocenters. The second kappa shape index (κ2) is 8.10. The van der Waals surface area contributed by atoms with Gasteiger partial charge in [-0.2, -0.15) is 0 Å². The molecule has 4 nitrogen and oxygen atoms in total. The van der Waals surface area contributed by atoms with Gasteiger partial charge in [-0.05, 0) is 42.7 Å². The Hall–Kier alpha value is -2.73. The van der Waals surface area contributed by atoms with Gasteiger partial charge in [-0.3, -0.25) is 4.79 Å². The van der Waals surface area contributed by atoms with Gasteiger partial charge in [-0.15, -0.1) is 11.3 Å². The summed E-state index contributed by atoms with van der Waals surface area (Å²) in [6, 6.07) is 11.3. The fourth-order valence-electron chi connectivity index (χ4n) is 2.48. The third kappa shape index (κ3) is 4.46. The van der Waals surface area contributed by atoms with Crippen LogP contribution in [-0.2, 0) is 13.0 Å².